The molecule has 0 aliphatic carbocycles. The van der Waals surface area contributed by atoms with E-state index in [-0.39, 0.29) is 5.57 Å². The SMILES string of the molecule is Cn1c(C(/C=C(\N)C(F)F)=C/N)c(C#N)c2ccccc21. The number of aromatic nitrogens is 1. The van der Waals surface area contributed by atoms with Crippen molar-refractivity contribution in [2.45, 2.75) is 6.43 Å². The van der Waals surface area contributed by atoms with Gasteiger partial charge in [0.2, 0.25) is 0 Å². The summed E-state index contributed by atoms with van der Waals surface area (Å²) in [4.78, 5) is 0. The first-order chi connectivity index (χ1) is 10.0. The molecule has 2 aromatic rings. The summed E-state index contributed by atoms with van der Waals surface area (Å²) >= 11 is 0. The van der Waals surface area contributed by atoms with E-state index in [1.54, 1.807) is 17.7 Å². The molecule has 0 atom stereocenters. The van der Waals surface area contributed by atoms with Gasteiger partial charge in [0.25, 0.3) is 6.43 Å². The van der Waals surface area contributed by atoms with Crippen molar-refractivity contribution in [2.75, 3.05) is 0 Å². The van der Waals surface area contributed by atoms with Gasteiger partial charge >= 0.3 is 0 Å². The zero-order chi connectivity index (χ0) is 15.6. The highest BCUT2D eigenvalue weighted by Gasteiger charge is 2.18. The van der Waals surface area contributed by atoms with Gasteiger partial charge in [0.1, 0.15) is 6.07 Å². The third-order valence-electron chi connectivity index (χ3n) is 3.25. The zero-order valence-corrected chi connectivity index (χ0v) is 11.3. The second-order valence-corrected chi connectivity index (χ2v) is 4.48. The molecule has 0 saturated carbocycles. The fourth-order valence-corrected chi connectivity index (χ4v) is 2.28. The molecule has 108 valence electrons. The molecule has 1 heterocycles. The van der Waals surface area contributed by atoms with Crippen molar-refractivity contribution in [3.8, 4) is 6.07 Å². The average Bonchev–Trinajstić information content (AvgIpc) is 2.77. The molecule has 4 N–H and O–H groups in total. The third-order valence-corrected chi connectivity index (χ3v) is 3.25. The standard InChI is InChI=1S/C15H14F2N4/c1-21-13-5-3-2-4-10(13)11(8-19)14(21)9(7-18)6-12(20)15(16)17/h2-7,15H,18,20H2,1H3/b9-7+,12-6-. The van der Waals surface area contributed by atoms with Crippen LogP contribution in [-0.2, 0) is 7.05 Å². The first kappa shape index (κ1) is 14.6. The van der Waals surface area contributed by atoms with Crippen molar-refractivity contribution >= 4 is 16.5 Å². The number of rotatable bonds is 3. The monoisotopic (exact) mass is 288 g/mol. The number of hydrogen-bond acceptors (Lipinski definition) is 3. The Morgan fingerprint density at radius 1 is 1.38 bits per heavy atom. The van der Waals surface area contributed by atoms with Crippen LogP contribution in [0.4, 0.5) is 8.78 Å². The van der Waals surface area contributed by atoms with Crippen LogP contribution in [0, 0.1) is 11.3 Å². The molecule has 0 aliphatic rings. The minimum absolute atomic E-state index is 0.281. The lowest BCUT2D eigenvalue weighted by Crippen LogP contribution is -2.09. The Morgan fingerprint density at radius 3 is 2.62 bits per heavy atom. The van der Waals surface area contributed by atoms with Gasteiger partial charge in [-0.2, -0.15) is 5.26 Å². The molecule has 0 fully saturated rings. The van der Waals surface area contributed by atoms with E-state index in [1.807, 2.05) is 18.2 Å². The highest BCUT2D eigenvalue weighted by Crippen LogP contribution is 2.30. The van der Waals surface area contributed by atoms with Crippen LogP contribution in [0.25, 0.3) is 16.5 Å². The molecule has 1 aromatic heterocycles. The van der Waals surface area contributed by atoms with Gasteiger partial charge in [-0.1, -0.05) is 18.2 Å². The summed E-state index contributed by atoms with van der Waals surface area (Å²) in [5.74, 6) is 0. The number of fused-ring (bicyclic) bond motifs is 1. The van der Waals surface area contributed by atoms with Crippen molar-refractivity contribution < 1.29 is 8.78 Å². The maximum Gasteiger partial charge on any atom is 0.277 e. The van der Waals surface area contributed by atoms with E-state index < -0.39 is 12.1 Å². The van der Waals surface area contributed by atoms with Crippen molar-refractivity contribution in [1.29, 1.82) is 5.26 Å². The highest BCUT2D eigenvalue weighted by molar-refractivity contribution is 5.94. The average molecular weight is 288 g/mol. The first-order valence-corrected chi connectivity index (χ1v) is 6.16. The van der Waals surface area contributed by atoms with Crippen molar-refractivity contribution in [2.24, 2.45) is 18.5 Å². The Bertz CT molecular complexity index is 779. The maximum absolute atomic E-state index is 12.6. The number of benzene rings is 1. The Morgan fingerprint density at radius 2 is 2.05 bits per heavy atom. The molecular weight excluding hydrogens is 274 g/mol. The van der Waals surface area contributed by atoms with Crippen LogP contribution in [0.1, 0.15) is 11.3 Å². The van der Waals surface area contributed by atoms with Gasteiger partial charge in [-0.3, -0.25) is 0 Å². The molecule has 4 nitrogen and oxygen atoms in total. The number of alkyl halides is 2. The highest BCUT2D eigenvalue weighted by atomic mass is 19.3. The van der Waals surface area contributed by atoms with Crippen LogP contribution in [-0.4, -0.2) is 11.0 Å². The van der Waals surface area contributed by atoms with Crippen LogP contribution in [0.2, 0.25) is 0 Å². The number of aryl methyl sites for hydroxylation is 1. The smallest absolute Gasteiger partial charge is 0.277 e. The quantitative estimate of drug-likeness (QED) is 0.851. The van der Waals surface area contributed by atoms with Crippen LogP contribution in [0.3, 0.4) is 0 Å². The number of nitrogens with zero attached hydrogens (tertiary/aromatic N) is 2. The number of nitriles is 1. The minimum Gasteiger partial charge on any atom is -0.404 e. The van der Waals surface area contributed by atoms with Gasteiger partial charge in [-0.15, -0.1) is 0 Å². The van der Waals surface area contributed by atoms with E-state index in [9.17, 15) is 14.0 Å². The number of allylic oxidation sites excluding steroid dienone is 3. The molecule has 6 heteroatoms. The van der Waals surface area contributed by atoms with Crippen LogP contribution in [0.5, 0.6) is 0 Å². The number of hydrogen-bond donors (Lipinski definition) is 2. The van der Waals surface area contributed by atoms with Gasteiger partial charge in [0.15, 0.2) is 0 Å². The normalized spacial score (nSPS) is 12.9. The Hall–Kier alpha value is -2.81. The molecule has 2 rings (SSSR count). The molecule has 1 aromatic carbocycles. The number of halogens is 2. The number of nitrogens with two attached hydrogens (primary N) is 2. The van der Waals surface area contributed by atoms with Crippen molar-refractivity contribution in [3.63, 3.8) is 0 Å². The van der Waals surface area contributed by atoms with Crippen LogP contribution in [0.15, 0.2) is 42.2 Å². The van der Waals surface area contributed by atoms with Gasteiger partial charge in [-0.05, 0) is 12.1 Å². The van der Waals surface area contributed by atoms with Gasteiger partial charge in [-0.25, -0.2) is 8.78 Å². The lowest BCUT2D eigenvalue weighted by molar-refractivity contribution is 0.188. The molecule has 0 bridgehead atoms. The molecule has 0 radical (unpaired) electrons. The molecule has 0 unspecified atom stereocenters. The first-order valence-electron chi connectivity index (χ1n) is 6.16. The predicted octanol–water partition coefficient (Wildman–Crippen LogP) is 2.46. The van der Waals surface area contributed by atoms with E-state index in [1.165, 1.54) is 6.20 Å². The molecular formula is C15H14F2N4. The third kappa shape index (κ3) is 2.46. The summed E-state index contributed by atoms with van der Waals surface area (Å²) < 4.78 is 26.9. The molecule has 0 spiro atoms. The second kappa shape index (κ2) is 5.67. The second-order valence-electron chi connectivity index (χ2n) is 4.48. The Labute approximate surface area is 120 Å². The fraction of sp³-hybridized carbons (Fsp3) is 0.133. The largest absolute Gasteiger partial charge is 0.404 e. The van der Waals surface area contributed by atoms with E-state index in [2.05, 4.69) is 6.07 Å². The summed E-state index contributed by atoms with van der Waals surface area (Å²) in [6, 6.07) is 9.38. The Kier molecular flexibility index (Phi) is 3.94. The van der Waals surface area contributed by atoms with Crippen molar-refractivity contribution in [3.05, 3.63) is 53.5 Å². The minimum atomic E-state index is -2.78. The summed E-state index contributed by atoms with van der Waals surface area (Å²) in [5, 5.41) is 10.1. The van der Waals surface area contributed by atoms with E-state index in [0.29, 0.717) is 11.3 Å². The fourth-order valence-electron chi connectivity index (χ4n) is 2.28. The van der Waals surface area contributed by atoms with E-state index in [4.69, 9.17) is 11.5 Å². The number of para-hydroxylation sites is 1. The Balaban J connectivity index is 2.74. The molecule has 0 amide bonds. The summed E-state index contributed by atoms with van der Waals surface area (Å²) in [6.45, 7) is 0. The topological polar surface area (TPSA) is 80.8 Å². The summed E-state index contributed by atoms with van der Waals surface area (Å²) in [5.41, 5.74) is 12.2. The van der Waals surface area contributed by atoms with E-state index in [0.717, 1.165) is 17.0 Å². The lowest BCUT2D eigenvalue weighted by Gasteiger charge is -2.07. The maximum atomic E-state index is 12.6. The van der Waals surface area contributed by atoms with Crippen LogP contribution < -0.4 is 11.5 Å². The van der Waals surface area contributed by atoms with Crippen molar-refractivity contribution in [1.82, 2.24) is 4.57 Å². The van der Waals surface area contributed by atoms with Crippen LogP contribution >= 0.6 is 0 Å². The molecule has 21 heavy (non-hydrogen) atoms. The zero-order valence-electron chi connectivity index (χ0n) is 11.3. The molecule has 0 saturated heterocycles. The summed E-state index contributed by atoms with van der Waals surface area (Å²) in [6.07, 6.45) is -0.510. The van der Waals surface area contributed by atoms with Gasteiger partial charge in [0.05, 0.1) is 17.0 Å². The van der Waals surface area contributed by atoms with E-state index >= 15 is 0 Å². The summed E-state index contributed by atoms with van der Waals surface area (Å²) in [7, 11) is 1.74. The molecule has 0 aliphatic heterocycles. The van der Waals surface area contributed by atoms with Gasteiger partial charge < -0.3 is 16.0 Å². The van der Waals surface area contributed by atoms with Gasteiger partial charge in [0, 0.05) is 29.7 Å². The predicted molar refractivity (Wildman–Crippen MR) is 78.1 cm³/mol. The lowest BCUT2D eigenvalue weighted by atomic mass is 10.1.